The maximum atomic E-state index is 6.27. The zero-order valence-corrected chi connectivity index (χ0v) is 13.0. The maximum absolute atomic E-state index is 6.27. The SMILES string of the molecule is COc1ccc2c(c1)C(N)CC(c1cc(Cl)ccc1Cl)O2. The molecule has 0 fully saturated rings. The first-order chi connectivity index (χ1) is 10.1. The number of ether oxygens (including phenoxy) is 2. The van der Waals surface area contributed by atoms with E-state index in [9.17, 15) is 0 Å². The summed E-state index contributed by atoms with van der Waals surface area (Å²) in [6.07, 6.45) is 0.437. The summed E-state index contributed by atoms with van der Waals surface area (Å²) in [5, 5.41) is 1.26. The second kappa shape index (κ2) is 5.76. The van der Waals surface area contributed by atoms with Gasteiger partial charge in [-0.15, -0.1) is 0 Å². The molecule has 1 aliphatic rings. The lowest BCUT2D eigenvalue weighted by atomic mass is 9.93. The van der Waals surface area contributed by atoms with E-state index >= 15 is 0 Å². The van der Waals surface area contributed by atoms with Crippen molar-refractivity contribution in [3.63, 3.8) is 0 Å². The highest BCUT2D eigenvalue weighted by molar-refractivity contribution is 6.33. The molecule has 3 rings (SSSR count). The Hall–Kier alpha value is -1.42. The highest BCUT2D eigenvalue weighted by Gasteiger charge is 2.28. The van der Waals surface area contributed by atoms with Crippen LogP contribution in [0.3, 0.4) is 0 Å². The van der Waals surface area contributed by atoms with E-state index in [2.05, 4.69) is 0 Å². The molecule has 0 saturated heterocycles. The lowest BCUT2D eigenvalue weighted by Crippen LogP contribution is -2.24. The maximum Gasteiger partial charge on any atom is 0.127 e. The summed E-state index contributed by atoms with van der Waals surface area (Å²) in [6.45, 7) is 0. The Morgan fingerprint density at radius 3 is 2.71 bits per heavy atom. The lowest BCUT2D eigenvalue weighted by Gasteiger charge is -2.31. The second-order valence-electron chi connectivity index (χ2n) is 5.02. The number of hydrogen-bond donors (Lipinski definition) is 1. The largest absolute Gasteiger partial charge is 0.497 e. The number of nitrogens with two attached hydrogens (primary N) is 1. The molecule has 0 aliphatic carbocycles. The Kier molecular flexibility index (Phi) is 3.98. The van der Waals surface area contributed by atoms with Crippen molar-refractivity contribution in [2.24, 2.45) is 5.73 Å². The number of methoxy groups -OCH3 is 1. The average Bonchev–Trinajstić information content (AvgIpc) is 2.49. The third kappa shape index (κ3) is 2.82. The summed E-state index contributed by atoms with van der Waals surface area (Å²) in [5.74, 6) is 1.53. The average molecular weight is 324 g/mol. The van der Waals surface area contributed by atoms with E-state index in [-0.39, 0.29) is 12.1 Å². The highest BCUT2D eigenvalue weighted by atomic mass is 35.5. The molecule has 0 radical (unpaired) electrons. The van der Waals surface area contributed by atoms with Crippen LogP contribution in [0, 0.1) is 0 Å². The van der Waals surface area contributed by atoms with Crippen LogP contribution < -0.4 is 15.2 Å². The van der Waals surface area contributed by atoms with Gasteiger partial charge in [0, 0.05) is 33.6 Å². The fourth-order valence-electron chi connectivity index (χ4n) is 2.56. The molecule has 0 saturated carbocycles. The molecule has 1 heterocycles. The van der Waals surface area contributed by atoms with Gasteiger partial charge in [0.25, 0.3) is 0 Å². The van der Waals surface area contributed by atoms with Gasteiger partial charge in [-0.25, -0.2) is 0 Å². The summed E-state index contributed by atoms with van der Waals surface area (Å²) < 4.78 is 11.3. The van der Waals surface area contributed by atoms with Gasteiger partial charge in [-0.3, -0.25) is 0 Å². The summed E-state index contributed by atoms with van der Waals surface area (Å²) in [5.41, 5.74) is 8.08. The van der Waals surface area contributed by atoms with E-state index in [0.717, 1.165) is 22.6 Å². The van der Waals surface area contributed by atoms with Crippen LogP contribution in [0.4, 0.5) is 0 Å². The van der Waals surface area contributed by atoms with E-state index in [1.54, 1.807) is 19.2 Å². The van der Waals surface area contributed by atoms with Crippen molar-refractivity contribution in [3.05, 3.63) is 57.6 Å². The number of fused-ring (bicyclic) bond motifs is 1. The molecule has 110 valence electrons. The smallest absolute Gasteiger partial charge is 0.127 e. The van der Waals surface area contributed by atoms with Gasteiger partial charge >= 0.3 is 0 Å². The fourth-order valence-corrected chi connectivity index (χ4v) is 2.98. The molecular weight excluding hydrogens is 309 g/mol. The first kappa shape index (κ1) is 14.5. The molecule has 0 bridgehead atoms. The van der Waals surface area contributed by atoms with Gasteiger partial charge in [0.1, 0.15) is 17.6 Å². The zero-order valence-electron chi connectivity index (χ0n) is 11.5. The minimum atomic E-state index is -0.202. The fraction of sp³-hybridized carbons (Fsp3) is 0.250. The van der Waals surface area contributed by atoms with Crippen molar-refractivity contribution < 1.29 is 9.47 Å². The van der Waals surface area contributed by atoms with E-state index in [0.29, 0.717) is 16.5 Å². The van der Waals surface area contributed by atoms with Gasteiger partial charge in [0.15, 0.2) is 0 Å². The van der Waals surface area contributed by atoms with Crippen molar-refractivity contribution in [2.75, 3.05) is 7.11 Å². The van der Waals surface area contributed by atoms with Crippen LogP contribution in [0.2, 0.25) is 10.0 Å². The normalized spacial score (nSPS) is 20.6. The lowest BCUT2D eigenvalue weighted by molar-refractivity contribution is 0.161. The molecule has 0 spiro atoms. The first-order valence-electron chi connectivity index (χ1n) is 6.63. The molecule has 0 aromatic heterocycles. The molecule has 2 unspecified atom stereocenters. The van der Waals surface area contributed by atoms with E-state index in [1.807, 2.05) is 24.3 Å². The standard InChI is InChI=1S/C16H15Cl2NO2/c1-20-10-3-5-15-12(7-10)14(19)8-16(21-15)11-6-9(17)2-4-13(11)18/h2-7,14,16H,8,19H2,1H3. The van der Waals surface area contributed by atoms with Gasteiger partial charge in [0.2, 0.25) is 0 Å². The predicted octanol–water partition coefficient (Wildman–Crippen LogP) is 4.53. The number of rotatable bonds is 2. The van der Waals surface area contributed by atoms with Crippen LogP contribution in [0.5, 0.6) is 11.5 Å². The van der Waals surface area contributed by atoms with Crippen LogP contribution in [0.15, 0.2) is 36.4 Å². The molecule has 2 aromatic carbocycles. The van der Waals surface area contributed by atoms with Crippen LogP contribution in [-0.4, -0.2) is 7.11 Å². The number of benzene rings is 2. The Balaban J connectivity index is 1.96. The molecule has 2 aromatic rings. The van der Waals surface area contributed by atoms with Crippen molar-refractivity contribution in [2.45, 2.75) is 18.6 Å². The van der Waals surface area contributed by atoms with Gasteiger partial charge in [-0.2, -0.15) is 0 Å². The summed E-state index contributed by atoms with van der Waals surface area (Å²) in [6, 6.07) is 10.9. The zero-order chi connectivity index (χ0) is 15.0. The summed E-state index contributed by atoms with van der Waals surface area (Å²) in [7, 11) is 1.63. The molecule has 2 N–H and O–H groups in total. The Morgan fingerprint density at radius 1 is 1.14 bits per heavy atom. The van der Waals surface area contributed by atoms with Crippen molar-refractivity contribution in [3.8, 4) is 11.5 Å². The molecular formula is C16H15Cl2NO2. The van der Waals surface area contributed by atoms with Crippen LogP contribution >= 0.6 is 23.2 Å². The predicted molar refractivity (Wildman–Crippen MR) is 84.4 cm³/mol. The molecule has 21 heavy (non-hydrogen) atoms. The van der Waals surface area contributed by atoms with Gasteiger partial charge in [-0.1, -0.05) is 23.2 Å². The highest BCUT2D eigenvalue weighted by Crippen LogP contribution is 2.43. The van der Waals surface area contributed by atoms with Gasteiger partial charge < -0.3 is 15.2 Å². The van der Waals surface area contributed by atoms with Crippen molar-refractivity contribution in [1.29, 1.82) is 0 Å². The van der Waals surface area contributed by atoms with Gasteiger partial charge in [-0.05, 0) is 36.4 Å². The van der Waals surface area contributed by atoms with Crippen molar-refractivity contribution in [1.82, 2.24) is 0 Å². The van der Waals surface area contributed by atoms with Crippen LogP contribution in [-0.2, 0) is 0 Å². The summed E-state index contributed by atoms with van der Waals surface area (Å²) in [4.78, 5) is 0. The van der Waals surface area contributed by atoms with Crippen LogP contribution in [0.25, 0.3) is 0 Å². The monoisotopic (exact) mass is 323 g/mol. The van der Waals surface area contributed by atoms with E-state index in [1.165, 1.54) is 0 Å². The van der Waals surface area contributed by atoms with Crippen molar-refractivity contribution >= 4 is 23.2 Å². The Morgan fingerprint density at radius 2 is 1.95 bits per heavy atom. The molecule has 0 amide bonds. The third-order valence-electron chi connectivity index (χ3n) is 3.66. The third-order valence-corrected chi connectivity index (χ3v) is 4.24. The summed E-state index contributed by atoms with van der Waals surface area (Å²) >= 11 is 12.3. The number of hydrogen-bond acceptors (Lipinski definition) is 3. The molecule has 3 nitrogen and oxygen atoms in total. The minimum absolute atomic E-state index is 0.135. The van der Waals surface area contributed by atoms with Crippen LogP contribution in [0.1, 0.15) is 29.7 Å². The number of halogens is 2. The first-order valence-corrected chi connectivity index (χ1v) is 7.39. The Bertz CT molecular complexity index is 675. The molecule has 1 aliphatic heterocycles. The van der Waals surface area contributed by atoms with E-state index < -0.39 is 0 Å². The minimum Gasteiger partial charge on any atom is -0.497 e. The topological polar surface area (TPSA) is 44.5 Å². The molecule has 5 heteroatoms. The van der Waals surface area contributed by atoms with E-state index in [4.69, 9.17) is 38.4 Å². The Labute approximate surface area is 133 Å². The molecule has 2 atom stereocenters. The quantitative estimate of drug-likeness (QED) is 0.883. The second-order valence-corrected chi connectivity index (χ2v) is 5.86. The van der Waals surface area contributed by atoms with Gasteiger partial charge in [0.05, 0.1) is 7.11 Å².